The van der Waals surface area contributed by atoms with Crippen LogP contribution >= 0.6 is 0 Å². The predicted octanol–water partition coefficient (Wildman–Crippen LogP) is 1.49. The predicted molar refractivity (Wildman–Crippen MR) is 77.1 cm³/mol. The van der Waals surface area contributed by atoms with E-state index in [1.54, 1.807) is 19.1 Å². The zero-order chi connectivity index (χ0) is 14.1. The molecule has 1 rings (SSSR count). The van der Waals surface area contributed by atoms with Crippen molar-refractivity contribution >= 4 is 10.0 Å². The lowest BCUT2D eigenvalue weighted by Gasteiger charge is -2.06. The van der Waals surface area contributed by atoms with Crippen LogP contribution in [0.15, 0.2) is 29.2 Å². The van der Waals surface area contributed by atoms with E-state index in [2.05, 4.69) is 28.8 Å². The van der Waals surface area contributed by atoms with Crippen molar-refractivity contribution in [1.82, 2.24) is 10.0 Å². The Hall–Kier alpha value is -1.35. The molecule has 0 heterocycles. The fraction of sp³-hybridized carbons (Fsp3) is 0.429. The van der Waals surface area contributed by atoms with Crippen LogP contribution in [0, 0.1) is 11.8 Å². The molecular formula is C14H20N2O2S. The molecule has 0 saturated heterocycles. The summed E-state index contributed by atoms with van der Waals surface area (Å²) < 4.78 is 26.2. The molecule has 0 aromatic heterocycles. The van der Waals surface area contributed by atoms with Crippen LogP contribution < -0.4 is 10.0 Å². The summed E-state index contributed by atoms with van der Waals surface area (Å²) in [7, 11) is -3.45. The number of rotatable bonds is 7. The first-order valence-corrected chi connectivity index (χ1v) is 7.77. The van der Waals surface area contributed by atoms with Crippen LogP contribution in [0.5, 0.6) is 0 Å². The molecule has 0 amide bonds. The van der Waals surface area contributed by atoms with Gasteiger partial charge in [0.2, 0.25) is 10.0 Å². The fourth-order valence-electron chi connectivity index (χ4n) is 1.50. The van der Waals surface area contributed by atoms with E-state index >= 15 is 0 Å². The van der Waals surface area contributed by atoms with Gasteiger partial charge in [-0.2, -0.15) is 4.72 Å². The molecule has 104 valence electrons. The minimum atomic E-state index is -3.45. The van der Waals surface area contributed by atoms with Crippen molar-refractivity contribution in [3.63, 3.8) is 0 Å². The quantitative estimate of drug-likeness (QED) is 0.587. The van der Waals surface area contributed by atoms with Gasteiger partial charge in [0.15, 0.2) is 0 Å². The second-order valence-electron chi connectivity index (χ2n) is 4.07. The smallest absolute Gasteiger partial charge is 0.241 e. The van der Waals surface area contributed by atoms with E-state index in [0.29, 0.717) is 0 Å². The van der Waals surface area contributed by atoms with E-state index in [1.807, 2.05) is 12.1 Å². The highest BCUT2D eigenvalue weighted by Crippen LogP contribution is 2.10. The lowest BCUT2D eigenvalue weighted by molar-refractivity contribution is 0.586. The van der Waals surface area contributed by atoms with Crippen molar-refractivity contribution in [2.24, 2.45) is 0 Å². The molecule has 0 saturated carbocycles. The Labute approximate surface area is 115 Å². The van der Waals surface area contributed by atoms with Crippen molar-refractivity contribution in [3.8, 4) is 11.8 Å². The molecule has 0 bridgehead atoms. The third kappa shape index (κ3) is 5.43. The van der Waals surface area contributed by atoms with Gasteiger partial charge in [0.25, 0.3) is 0 Å². The van der Waals surface area contributed by atoms with Crippen molar-refractivity contribution < 1.29 is 8.42 Å². The summed E-state index contributed by atoms with van der Waals surface area (Å²) in [4.78, 5) is 0.268. The normalized spacial score (nSPS) is 10.8. The summed E-state index contributed by atoms with van der Waals surface area (Å²) in [5.41, 5.74) is 1.07. The maximum atomic E-state index is 11.9. The summed E-state index contributed by atoms with van der Waals surface area (Å²) in [5, 5.41) is 3.27. The van der Waals surface area contributed by atoms with Crippen LogP contribution in [0.25, 0.3) is 0 Å². The van der Waals surface area contributed by atoms with Gasteiger partial charge < -0.3 is 5.32 Å². The minimum Gasteiger partial charge on any atom is -0.313 e. The Morgan fingerprint density at radius 2 is 1.89 bits per heavy atom. The second kappa shape index (κ2) is 7.95. The van der Waals surface area contributed by atoms with E-state index in [0.717, 1.165) is 25.1 Å². The van der Waals surface area contributed by atoms with Gasteiger partial charge in [-0.15, -0.1) is 5.92 Å². The Morgan fingerprint density at radius 3 is 2.47 bits per heavy atom. The van der Waals surface area contributed by atoms with E-state index in [1.165, 1.54) is 0 Å². The molecule has 4 nitrogen and oxygen atoms in total. The molecule has 0 aliphatic heterocycles. The monoisotopic (exact) mass is 280 g/mol. The molecule has 0 fully saturated rings. The van der Waals surface area contributed by atoms with Gasteiger partial charge in [-0.3, -0.25) is 0 Å². The van der Waals surface area contributed by atoms with Crippen molar-refractivity contribution in [3.05, 3.63) is 29.8 Å². The molecule has 19 heavy (non-hydrogen) atoms. The van der Waals surface area contributed by atoms with Crippen molar-refractivity contribution in [2.45, 2.75) is 31.7 Å². The Kier molecular flexibility index (Phi) is 6.57. The van der Waals surface area contributed by atoms with Crippen LogP contribution in [-0.4, -0.2) is 21.5 Å². The van der Waals surface area contributed by atoms with Crippen molar-refractivity contribution in [1.29, 1.82) is 0 Å². The zero-order valence-electron chi connectivity index (χ0n) is 11.4. The summed E-state index contributed by atoms with van der Waals surface area (Å²) in [6, 6.07) is 6.88. The van der Waals surface area contributed by atoms with E-state index in [9.17, 15) is 8.42 Å². The van der Waals surface area contributed by atoms with Crippen LogP contribution in [-0.2, 0) is 16.6 Å². The topological polar surface area (TPSA) is 58.2 Å². The third-order valence-corrected chi connectivity index (χ3v) is 3.93. The minimum absolute atomic E-state index is 0.138. The second-order valence-corrected chi connectivity index (χ2v) is 5.84. The molecule has 0 atom stereocenters. The lowest BCUT2D eigenvalue weighted by Crippen LogP contribution is -2.24. The van der Waals surface area contributed by atoms with Gasteiger partial charge in [0.05, 0.1) is 11.4 Å². The molecule has 0 unspecified atom stereocenters. The van der Waals surface area contributed by atoms with E-state index in [4.69, 9.17) is 0 Å². The molecule has 5 heteroatoms. The van der Waals surface area contributed by atoms with Crippen LogP contribution in [0.2, 0.25) is 0 Å². The highest BCUT2D eigenvalue weighted by atomic mass is 32.2. The molecule has 2 N–H and O–H groups in total. The average Bonchev–Trinajstić information content (AvgIpc) is 2.40. The number of benzene rings is 1. The molecule has 0 aliphatic rings. The van der Waals surface area contributed by atoms with Gasteiger partial charge in [-0.25, -0.2) is 8.42 Å². The van der Waals surface area contributed by atoms with Gasteiger partial charge in [-0.05, 0) is 37.6 Å². The number of nitrogens with one attached hydrogen (secondary N) is 2. The first-order chi connectivity index (χ1) is 9.10. The molecular weight excluding hydrogens is 260 g/mol. The molecule has 0 radical (unpaired) electrons. The summed E-state index contributed by atoms with van der Waals surface area (Å²) >= 11 is 0. The fourth-order valence-corrected chi connectivity index (χ4v) is 2.42. The van der Waals surface area contributed by atoms with Crippen LogP contribution in [0.1, 0.15) is 25.8 Å². The lowest BCUT2D eigenvalue weighted by atomic mass is 10.2. The summed E-state index contributed by atoms with van der Waals surface area (Å²) in [5.74, 6) is 5.31. The molecule has 0 aliphatic carbocycles. The molecule has 1 aromatic carbocycles. The first-order valence-electron chi connectivity index (χ1n) is 6.29. The van der Waals surface area contributed by atoms with Crippen LogP contribution in [0.3, 0.4) is 0 Å². The zero-order valence-corrected chi connectivity index (χ0v) is 12.2. The van der Waals surface area contributed by atoms with Gasteiger partial charge in [-0.1, -0.05) is 25.0 Å². The number of hydrogen-bond acceptors (Lipinski definition) is 3. The van der Waals surface area contributed by atoms with Crippen molar-refractivity contribution in [2.75, 3.05) is 13.1 Å². The Morgan fingerprint density at radius 1 is 1.21 bits per heavy atom. The maximum Gasteiger partial charge on any atom is 0.241 e. The highest BCUT2D eigenvalue weighted by Gasteiger charge is 2.12. The average molecular weight is 280 g/mol. The number of sulfonamides is 1. The van der Waals surface area contributed by atoms with Gasteiger partial charge in [0, 0.05) is 6.54 Å². The Bertz CT molecular complexity index is 539. The Balaban J connectivity index is 2.66. The third-order valence-electron chi connectivity index (χ3n) is 2.52. The highest BCUT2D eigenvalue weighted by molar-refractivity contribution is 7.89. The standard InChI is InChI=1S/C14H20N2O2S/c1-3-5-11-16-19(17,18)14-8-6-13(7-9-14)12-15-10-4-2/h6-9,15-16H,4,10-12H2,1-2H3. The number of hydrogen-bond donors (Lipinski definition) is 2. The van der Waals surface area contributed by atoms with Gasteiger partial charge >= 0.3 is 0 Å². The van der Waals surface area contributed by atoms with E-state index in [-0.39, 0.29) is 11.4 Å². The van der Waals surface area contributed by atoms with E-state index < -0.39 is 10.0 Å². The maximum absolute atomic E-state index is 11.9. The molecule has 1 aromatic rings. The first kappa shape index (κ1) is 15.7. The summed E-state index contributed by atoms with van der Waals surface area (Å²) in [6.45, 7) is 5.62. The van der Waals surface area contributed by atoms with Gasteiger partial charge in [0.1, 0.15) is 0 Å². The van der Waals surface area contributed by atoms with Crippen LogP contribution in [0.4, 0.5) is 0 Å². The largest absolute Gasteiger partial charge is 0.313 e. The molecule has 0 spiro atoms. The summed E-state index contributed by atoms with van der Waals surface area (Å²) in [6.07, 6.45) is 1.08. The SMILES string of the molecule is CC#CCNS(=O)(=O)c1ccc(CNCCC)cc1.